The van der Waals surface area contributed by atoms with E-state index in [1.807, 2.05) is 19.9 Å². The van der Waals surface area contributed by atoms with Gasteiger partial charge in [-0.05, 0) is 75.9 Å². The van der Waals surface area contributed by atoms with E-state index in [1.165, 1.54) is 17.1 Å². The van der Waals surface area contributed by atoms with Gasteiger partial charge in [-0.1, -0.05) is 20.8 Å². The number of likely N-dealkylation sites (tertiary alicyclic amines) is 1. The number of amides is 1. The lowest BCUT2D eigenvalue weighted by atomic mass is 9.99. The molecule has 0 bridgehead atoms. The van der Waals surface area contributed by atoms with Crippen molar-refractivity contribution in [2.45, 2.75) is 57.8 Å². The molecule has 2 heterocycles. The van der Waals surface area contributed by atoms with E-state index in [4.69, 9.17) is 0 Å². The Bertz CT molecular complexity index is 856. The fourth-order valence-corrected chi connectivity index (χ4v) is 6.17. The molecule has 32 heavy (non-hydrogen) atoms. The molecule has 0 spiro atoms. The molecular weight excluding hydrogens is 424 g/mol. The fourth-order valence-electron chi connectivity index (χ4n) is 4.69. The van der Waals surface area contributed by atoms with Gasteiger partial charge in [-0.2, -0.15) is 4.31 Å². The Kier molecular flexibility index (Phi) is 8.96. The molecule has 1 aromatic carbocycles. The summed E-state index contributed by atoms with van der Waals surface area (Å²) in [6, 6.07) is 5.03. The van der Waals surface area contributed by atoms with Crippen LogP contribution in [0.15, 0.2) is 23.1 Å². The van der Waals surface area contributed by atoms with E-state index >= 15 is 0 Å². The predicted molar refractivity (Wildman–Crippen MR) is 130 cm³/mol. The average molecular weight is 465 g/mol. The number of nitrogens with one attached hydrogen (secondary N) is 1. The van der Waals surface area contributed by atoms with Crippen LogP contribution in [0, 0.1) is 5.92 Å². The first-order chi connectivity index (χ1) is 15.4. The van der Waals surface area contributed by atoms with Gasteiger partial charge in [0.05, 0.1) is 10.5 Å². The summed E-state index contributed by atoms with van der Waals surface area (Å²) in [5.41, 5.74) is 1.30. The number of sulfonamides is 1. The van der Waals surface area contributed by atoms with Crippen molar-refractivity contribution in [1.82, 2.24) is 14.5 Å². The summed E-state index contributed by atoms with van der Waals surface area (Å²) in [5, 5.41) is 3.05. The standard InChI is InChI=1S/C24H40N4O3S/c1-4-28(5-2)32(30,31)21-9-10-23(27-15-6-7-16-27)22(19-21)24(29)25-13-8-14-26-17-11-20(3)12-18-26/h9-10,19-20H,4-8,11-18H2,1-3H3,(H,25,29). The molecule has 1 N–H and O–H groups in total. The largest absolute Gasteiger partial charge is 0.371 e. The molecule has 7 nitrogen and oxygen atoms in total. The van der Waals surface area contributed by atoms with Crippen LogP contribution in [0.25, 0.3) is 0 Å². The van der Waals surface area contributed by atoms with E-state index in [2.05, 4.69) is 22.0 Å². The highest BCUT2D eigenvalue weighted by Gasteiger charge is 2.26. The second-order valence-electron chi connectivity index (χ2n) is 9.10. The van der Waals surface area contributed by atoms with Crippen LogP contribution in [0.3, 0.4) is 0 Å². The number of piperidine rings is 1. The molecule has 3 rings (SSSR count). The average Bonchev–Trinajstić information content (AvgIpc) is 3.33. The molecule has 0 aliphatic carbocycles. The van der Waals surface area contributed by atoms with Crippen molar-refractivity contribution in [1.29, 1.82) is 0 Å². The van der Waals surface area contributed by atoms with Gasteiger partial charge in [-0.3, -0.25) is 4.79 Å². The quantitative estimate of drug-likeness (QED) is 0.539. The molecule has 0 unspecified atom stereocenters. The van der Waals surface area contributed by atoms with Gasteiger partial charge in [-0.25, -0.2) is 8.42 Å². The maximum Gasteiger partial charge on any atom is 0.253 e. The first-order valence-electron chi connectivity index (χ1n) is 12.3. The molecule has 2 saturated heterocycles. The highest BCUT2D eigenvalue weighted by atomic mass is 32.2. The van der Waals surface area contributed by atoms with Crippen molar-refractivity contribution in [2.75, 3.05) is 57.3 Å². The van der Waals surface area contributed by atoms with Crippen LogP contribution >= 0.6 is 0 Å². The van der Waals surface area contributed by atoms with E-state index < -0.39 is 10.0 Å². The number of hydrogen-bond acceptors (Lipinski definition) is 5. The third-order valence-electron chi connectivity index (χ3n) is 6.82. The first kappa shape index (κ1) is 25.0. The van der Waals surface area contributed by atoms with Crippen LogP contribution < -0.4 is 10.2 Å². The molecule has 1 aromatic rings. The second-order valence-corrected chi connectivity index (χ2v) is 11.0. The van der Waals surface area contributed by atoms with Crippen LogP contribution in [0.2, 0.25) is 0 Å². The van der Waals surface area contributed by atoms with Crippen molar-refractivity contribution in [2.24, 2.45) is 5.92 Å². The maximum atomic E-state index is 13.1. The molecule has 0 saturated carbocycles. The minimum atomic E-state index is -3.61. The molecule has 1 amide bonds. The summed E-state index contributed by atoms with van der Waals surface area (Å²) in [5.74, 6) is 0.630. The molecule has 0 atom stereocenters. The van der Waals surface area contributed by atoms with Gasteiger partial charge >= 0.3 is 0 Å². The van der Waals surface area contributed by atoms with Crippen LogP contribution in [-0.4, -0.2) is 75.9 Å². The Hall–Kier alpha value is -1.64. The Labute approximate surface area is 194 Å². The smallest absolute Gasteiger partial charge is 0.253 e. The zero-order chi connectivity index (χ0) is 23.1. The number of nitrogens with zero attached hydrogens (tertiary/aromatic N) is 3. The summed E-state index contributed by atoms with van der Waals surface area (Å²) in [6.07, 6.45) is 5.58. The van der Waals surface area contributed by atoms with E-state index in [-0.39, 0.29) is 10.8 Å². The maximum absolute atomic E-state index is 13.1. The predicted octanol–water partition coefficient (Wildman–Crippen LogP) is 3.17. The lowest BCUT2D eigenvalue weighted by Crippen LogP contribution is -2.35. The Morgan fingerprint density at radius 3 is 2.38 bits per heavy atom. The molecule has 2 aliphatic heterocycles. The van der Waals surface area contributed by atoms with Crippen molar-refractivity contribution < 1.29 is 13.2 Å². The molecule has 180 valence electrons. The first-order valence-corrected chi connectivity index (χ1v) is 13.7. The van der Waals surface area contributed by atoms with Crippen molar-refractivity contribution in [3.05, 3.63) is 23.8 Å². The third kappa shape index (κ3) is 6.02. The number of benzene rings is 1. The van der Waals surface area contributed by atoms with Gasteiger partial charge < -0.3 is 15.1 Å². The third-order valence-corrected chi connectivity index (χ3v) is 8.86. The van der Waals surface area contributed by atoms with Crippen LogP contribution in [0.5, 0.6) is 0 Å². The zero-order valence-corrected chi connectivity index (χ0v) is 20.8. The SMILES string of the molecule is CCN(CC)S(=O)(=O)c1ccc(N2CCCC2)c(C(=O)NCCCN2CCC(C)CC2)c1. The summed E-state index contributed by atoms with van der Waals surface area (Å²) in [7, 11) is -3.61. The van der Waals surface area contributed by atoms with Crippen LogP contribution in [0.1, 0.15) is 63.2 Å². The van der Waals surface area contributed by atoms with Crippen molar-refractivity contribution in [3.8, 4) is 0 Å². The summed E-state index contributed by atoms with van der Waals surface area (Å²) in [4.78, 5) is 18.0. The zero-order valence-electron chi connectivity index (χ0n) is 20.0. The number of anilines is 1. The highest BCUT2D eigenvalue weighted by molar-refractivity contribution is 7.89. The van der Waals surface area contributed by atoms with Gasteiger partial charge in [-0.15, -0.1) is 0 Å². The van der Waals surface area contributed by atoms with Crippen LogP contribution in [0.4, 0.5) is 5.69 Å². The lowest BCUT2D eigenvalue weighted by Gasteiger charge is -2.30. The van der Waals surface area contributed by atoms with E-state index in [9.17, 15) is 13.2 Å². The minimum absolute atomic E-state index is 0.184. The minimum Gasteiger partial charge on any atom is -0.371 e. The summed E-state index contributed by atoms with van der Waals surface area (Å²) in [6.45, 7) is 12.4. The lowest BCUT2D eigenvalue weighted by molar-refractivity contribution is 0.0951. The fraction of sp³-hybridized carbons (Fsp3) is 0.708. The molecule has 2 aliphatic rings. The second kappa shape index (κ2) is 11.5. The Morgan fingerprint density at radius 2 is 1.75 bits per heavy atom. The number of carbonyl (C=O) groups is 1. The summed E-state index contributed by atoms with van der Waals surface area (Å²) < 4.78 is 27.5. The van der Waals surface area contributed by atoms with E-state index in [1.54, 1.807) is 12.1 Å². The number of hydrogen-bond donors (Lipinski definition) is 1. The molecule has 8 heteroatoms. The Morgan fingerprint density at radius 1 is 1.09 bits per heavy atom. The van der Waals surface area contributed by atoms with Gasteiger partial charge in [0.1, 0.15) is 0 Å². The monoisotopic (exact) mass is 464 g/mol. The molecular formula is C24H40N4O3S. The summed E-state index contributed by atoms with van der Waals surface area (Å²) >= 11 is 0. The molecule has 0 radical (unpaired) electrons. The van der Waals surface area contributed by atoms with Gasteiger partial charge in [0.15, 0.2) is 0 Å². The van der Waals surface area contributed by atoms with Crippen molar-refractivity contribution >= 4 is 21.6 Å². The number of rotatable bonds is 10. The van der Waals surface area contributed by atoms with Gasteiger partial charge in [0.2, 0.25) is 10.0 Å². The van der Waals surface area contributed by atoms with E-state index in [0.717, 1.165) is 63.6 Å². The highest BCUT2D eigenvalue weighted by Crippen LogP contribution is 2.28. The molecule has 0 aromatic heterocycles. The normalized spacial score (nSPS) is 18.4. The topological polar surface area (TPSA) is 73.0 Å². The molecule has 2 fully saturated rings. The van der Waals surface area contributed by atoms with Gasteiger partial charge in [0.25, 0.3) is 5.91 Å². The number of carbonyl (C=O) groups excluding carboxylic acids is 1. The Balaban J connectivity index is 1.71. The van der Waals surface area contributed by atoms with Crippen LogP contribution in [-0.2, 0) is 10.0 Å². The van der Waals surface area contributed by atoms with Crippen molar-refractivity contribution in [3.63, 3.8) is 0 Å². The van der Waals surface area contributed by atoms with Gasteiger partial charge in [0, 0.05) is 38.4 Å². The van der Waals surface area contributed by atoms with E-state index in [0.29, 0.717) is 25.2 Å².